The van der Waals surface area contributed by atoms with Crippen molar-refractivity contribution in [3.05, 3.63) is 34.5 Å². The minimum Gasteiger partial charge on any atom is -0.375 e. The molecule has 1 N–H and O–H groups in total. The molecule has 9 heteroatoms. The van der Waals surface area contributed by atoms with Gasteiger partial charge < -0.3 is 15.0 Å². The van der Waals surface area contributed by atoms with Gasteiger partial charge in [-0.3, -0.25) is 9.67 Å². The molecule has 7 nitrogen and oxygen atoms in total. The molecule has 26 heavy (non-hydrogen) atoms. The van der Waals surface area contributed by atoms with Crippen LogP contribution in [-0.4, -0.2) is 53.4 Å². The maximum Gasteiger partial charge on any atom is 0.193 e. The van der Waals surface area contributed by atoms with Crippen molar-refractivity contribution in [2.45, 2.75) is 33.0 Å². The van der Waals surface area contributed by atoms with Crippen molar-refractivity contribution in [2.24, 2.45) is 10.9 Å². The van der Waals surface area contributed by atoms with Gasteiger partial charge in [0.15, 0.2) is 5.96 Å². The van der Waals surface area contributed by atoms with Gasteiger partial charge in [-0.05, 0) is 18.9 Å². The maximum absolute atomic E-state index is 5.32. The summed E-state index contributed by atoms with van der Waals surface area (Å²) < 4.78 is 7.27. The predicted molar refractivity (Wildman–Crippen MR) is 117 cm³/mol. The summed E-state index contributed by atoms with van der Waals surface area (Å²) >= 11 is 1.63. The van der Waals surface area contributed by atoms with Gasteiger partial charge >= 0.3 is 0 Å². The van der Waals surface area contributed by atoms with E-state index in [-0.39, 0.29) is 30.1 Å². The number of rotatable bonds is 8. The molecule has 0 aliphatic carbocycles. The lowest BCUT2D eigenvalue weighted by molar-refractivity contribution is 0.119. The molecule has 2 rings (SSSR count). The fourth-order valence-electron chi connectivity index (χ4n) is 2.44. The number of guanidine groups is 1. The summed E-state index contributed by atoms with van der Waals surface area (Å²) in [5.41, 5.74) is 1.03. The van der Waals surface area contributed by atoms with Gasteiger partial charge in [0.25, 0.3) is 0 Å². The summed E-state index contributed by atoms with van der Waals surface area (Å²) in [5, 5.41) is 10.8. The second kappa shape index (κ2) is 11.5. The molecular formula is C17H29IN6OS. The standard InChI is InChI=1S/C17H28N6OS.HI/c1-13(10-23-8-6-7-20-23)9-19-17(18-3)22(4)11-15-12-25-16(21-15)14(2)24-5;/h6-8,12-14H,9-11H2,1-5H3,(H,18,19);1H. The van der Waals surface area contributed by atoms with Crippen LogP contribution in [-0.2, 0) is 17.8 Å². The van der Waals surface area contributed by atoms with Crippen molar-refractivity contribution in [2.75, 3.05) is 27.7 Å². The van der Waals surface area contributed by atoms with Gasteiger partial charge in [-0.15, -0.1) is 35.3 Å². The normalized spacial score (nSPS) is 13.8. The molecule has 2 aromatic rings. The van der Waals surface area contributed by atoms with Crippen molar-refractivity contribution in [3.63, 3.8) is 0 Å². The van der Waals surface area contributed by atoms with Crippen LogP contribution in [0.15, 0.2) is 28.8 Å². The topological polar surface area (TPSA) is 67.6 Å². The van der Waals surface area contributed by atoms with Crippen LogP contribution in [0.5, 0.6) is 0 Å². The first-order valence-corrected chi connectivity index (χ1v) is 9.27. The molecule has 2 atom stereocenters. The molecule has 146 valence electrons. The molecule has 0 aromatic carbocycles. The maximum atomic E-state index is 5.32. The number of ether oxygens (including phenoxy) is 1. The van der Waals surface area contributed by atoms with E-state index < -0.39 is 0 Å². The van der Waals surface area contributed by atoms with E-state index in [0.29, 0.717) is 12.5 Å². The summed E-state index contributed by atoms with van der Waals surface area (Å²) in [4.78, 5) is 11.1. The summed E-state index contributed by atoms with van der Waals surface area (Å²) in [6, 6.07) is 1.94. The number of thiazole rings is 1. The summed E-state index contributed by atoms with van der Waals surface area (Å²) in [7, 11) is 5.52. The van der Waals surface area contributed by atoms with Crippen LogP contribution < -0.4 is 5.32 Å². The number of aromatic nitrogens is 3. The number of methoxy groups -OCH3 is 1. The van der Waals surface area contributed by atoms with E-state index in [1.165, 1.54) is 0 Å². The van der Waals surface area contributed by atoms with Gasteiger partial charge in [-0.2, -0.15) is 5.10 Å². The molecule has 2 unspecified atom stereocenters. The molecule has 2 aromatic heterocycles. The largest absolute Gasteiger partial charge is 0.375 e. The quantitative estimate of drug-likeness (QED) is 0.349. The fraction of sp³-hybridized carbons (Fsp3) is 0.588. The van der Waals surface area contributed by atoms with Crippen LogP contribution in [0.1, 0.15) is 30.7 Å². The Morgan fingerprint density at radius 1 is 1.46 bits per heavy atom. The van der Waals surface area contributed by atoms with Crippen LogP contribution in [0.25, 0.3) is 0 Å². The number of nitrogens with zero attached hydrogens (tertiary/aromatic N) is 5. The monoisotopic (exact) mass is 492 g/mol. The number of nitrogens with one attached hydrogen (secondary N) is 1. The highest BCUT2D eigenvalue weighted by molar-refractivity contribution is 14.0. The zero-order valence-electron chi connectivity index (χ0n) is 16.0. The highest BCUT2D eigenvalue weighted by Crippen LogP contribution is 2.20. The Bertz CT molecular complexity index is 660. The van der Waals surface area contributed by atoms with Crippen LogP contribution in [0.3, 0.4) is 0 Å². The van der Waals surface area contributed by atoms with E-state index in [1.807, 2.05) is 30.9 Å². The molecule has 0 saturated carbocycles. The van der Waals surface area contributed by atoms with Crippen LogP contribution in [0.4, 0.5) is 0 Å². The Kier molecular flexibility index (Phi) is 10.1. The number of aliphatic imine (C=N–C) groups is 1. The van der Waals surface area contributed by atoms with Gasteiger partial charge in [0, 0.05) is 52.1 Å². The first-order chi connectivity index (χ1) is 12.0. The van der Waals surface area contributed by atoms with Gasteiger partial charge in [0.1, 0.15) is 11.1 Å². The van der Waals surface area contributed by atoms with Crippen molar-refractivity contribution in [1.82, 2.24) is 25.0 Å². The number of hydrogen-bond acceptors (Lipinski definition) is 5. The molecular weight excluding hydrogens is 463 g/mol. The number of halogens is 1. The van der Waals surface area contributed by atoms with E-state index >= 15 is 0 Å². The lowest BCUT2D eigenvalue weighted by Crippen LogP contribution is -2.41. The Morgan fingerprint density at radius 2 is 2.23 bits per heavy atom. The van der Waals surface area contributed by atoms with Gasteiger partial charge in [-0.1, -0.05) is 6.92 Å². The molecule has 0 fully saturated rings. The predicted octanol–water partition coefficient (Wildman–Crippen LogP) is 3.01. The van der Waals surface area contributed by atoms with E-state index in [2.05, 4.69) is 37.6 Å². The smallest absolute Gasteiger partial charge is 0.193 e. The molecule has 0 saturated heterocycles. The molecule has 0 radical (unpaired) electrons. The first kappa shape index (κ1) is 22.8. The molecule has 0 bridgehead atoms. The van der Waals surface area contributed by atoms with Crippen molar-refractivity contribution >= 4 is 41.3 Å². The molecule has 0 aliphatic heterocycles. The van der Waals surface area contributed by atoms with E-state index in [9.17, 15) is 0 Å². The van der Waals surface area contributed by atoms with Crippen molar-refractivity contribution in [3.8, 4) is 0 Å². The third kappa shape index (κ3) is 6.84. The molecule has 2 heterocycles. The van der Waals surface area contributed by atoms with Crippen molar-refractivity contribution < 1.29 is 4.74 Å². The fourth-order valence-corrected chi connectivity index (χ4v) is 3.29. The highest BCUT2D eigenvalue weighted by atomic mass is 127. The minimum atomic E-state index is 0. The minimum absolute atomic E-state index is 0. The zero-order chi connectivity index (χ0) is 18.2. The second-order valence-corrected chi connectivity index (χ2v) is 7.06. The van der Waals surface area contributed by atoms with Gasteiger partial charge in [0.05, 0.1) is 12.2 Å². The number of hydrogen-bond donors (Lipinski definition) is 1. The molecule has 0 aliphatic rings. The van der Waals surface area contributed by atoms with E-state index in [0.717, 1.165) is 29.8 Å². The lowest BCUT2D eigenvalue weighted by Gasteiger charge is -2.23. The van der Waals surface area contributed by atoms with Gasteiger partial charge in [0.2, 0.25) is 0 Å². The first-order valence-electron chi connectivity index (χ1n) is 8.39. The third-order valence-corrected chi connectivity index (χ3v) is 4.96. The SMILES string of the molecule is CN=C(NCC(C)Cn1cccn1)N(C)Cc1csc(C(C)OC)n1.I. The average molecular weight is 492 g/mol. The van der Waals surface area contributed by atoms with E-state index in [1.54, 1.807) is 31.7 Å². The molecule has 0 amide bonds. The Labute approximate surface area is 176 Å². The van der Waals surface area contributed by atoms with Gasteiger partial charge in [-0.25, -0.2) is 4.98 Å². The summed E-state index contributed by atoms with van der Waals surface area (Å²) in [5.74, 6) is 1.31. The summed E-state index contributed by atoms with van der Waals surface area (Å²) in [6.45, 7) is 6.62. The van der Waals surface area contributed by atoms with Crippen molar-refractivity contribution in [1.29, 1.82) is 0 Å². The lowest BCUT2D eigenvalue weighted by atomic mass is 10.2. The third-order valence-electron chi connectivity index (χ3n) is 3.91. The van der Waals surface area contributed by atoms with Crippen LogP contribution in [0, 0.1) is 5.92 Å². The Hall–Kier alpha value is -1.20. The highest BCUT2D eigenvalue weighted by Gasteiger charge is 2.13. The Balaban J connectivity index is 0.00000338. The zero-order valence-corrected chi connectivity index (χ0v) is 19.2. The molecule has 0 spiro atoms. The van der Waals surface area contributed by atoms with Crippen LogP contribution >= 0.6 is 35.3 Å². The second-order valence-electron chi connectivity index (χ2n) is 6.17. The van der Waals surface area contributed by atoms with E-state index in [4.69, 9.17) is 4.74 Å². The summed E-state index contributed by atoms with van der Waals surface area (Å²) in [6.07, 6.45) is 3.82. The Morgan fingerprint density at radius 3 is 2.85 bits per heavy atom. The van der Waals surface area contributed by atoms with Crippen LogP contribution in [0.2, 0.25) is 0 Å². The average Bonchev–Trinajstić information content (AvgIpc) is 3.26.